The van der Waals surface area contributed by atoms with Crippen LogP contribution < -0.4 is 25.2 Å². The number of nitrogens with two attached hydrogens (primary N) is 1. The lowest BCUT2D eigenvalue weighted by Crippen LogP contribution is -2.58. The second-order valence-electron chi connectivity index (χ2n) is 14.5. The van der Waals surface area contributed by atoms with Gasteiger partial charge < -0.3 is 25.0 Å². The first-order valence-electron chi connectivity index (χ1n) is 18.6. The molecule has 294 valence electrons. The first-order chi connectivity index (χ1) is 26.4. The molecule has 2 aliphatic heterocycles. The molecule has 5 atom stereocenters. The number of carbonyl (C=O) groups is 4. The van der Waals surface area contributed by atoms with Crippen LogP contribution in [0.5, 0.6) is 5.75 Å². The molecule has 3 fully saturated rings. The minimum absolute atomic E-state index is 0.000517. The van der Waals surface area contributed by atoms with Gasteiger partial charge in [0.15, 0.2) is 0 Å². The van der Waals surface area contributed by atoms with Gasteiger partial charge in [-0.3, -0.25) is 14.4 Å². The molecular weight excluding hydrogens is 751 g/mol. The quantitative estimate of drug-likeness (QED) is 0.242. The number of benzene rings is 1. The van der Waals surface area contributed by atoms with Gasteiger partial charge in [-0.05, 0) is 75.6 Å². The molecule has 2 saturated carbocycles. The number of amides is 4. The van der Waals surface area contributed by atoms with Crippen LogP contribution in [0, 0.1) is 5.92 Å². The highest BCUT2D eigenvalue weighted by atomic mass is 32.2. The van der Waals surface area contributed by atoms with Crippen molar-refractivity contribution in [2.75, 3.05) is 13.7 Å². The van der Waals surface area contributed by atoms with E-state index in [4.69, 9.17) is 24.8 Å². The van der Waals surface area contributed by atoms with E-state index in [-0.39, 0.29) is 25.5 Å². The molecule has 4 aliphatic rings. The maximum Gasteiger partial charge on any atom is 0.408 e. The van der Waals surface area contributed by atoms with Crippen LogP contribution in [-0.4, -0.2) is 94.5 Å². The zero-order valence-corrected chi connectivity index (χ0v) is 32.0. The Morgan fingerprint density at radius 3 is 2.49 bits per heavy atom. The maximum atomic E-state index is 14.6. The number of methoxy groups -OCH3 is 1. The summed E-state index contributed by atoms with van der Waals surface area (Å²) < 4.78 is 36.7. The normalized spacial score (nSPS) is 26.8. The van der Waals surface area contributed by atoms with Gasteiger partial charge >= 0.3 is 6.09 Å². The number of allylic oxidation sites excluding steroid dienone is 1. The standard InChI is InChI=1S/C36H45N9O8S2/c1-52-25-15-13-22(14-16-25)29-30(32-38-17-18-54-32)42-45(41-29)24-19-28-31(46)40-36(34(48)43-55(37,50)51)20-23(36)9-5-3-2-4-6-12-27(33(47)44(28)21-24)39-35(49)53-26-10-7-8-11-26/h5,9,13-18,23-24,26-28H,2-4,6-8,10-12,19-21H2,1H3,(H,39,49)(H,40,46)(H,43,48)(H2,37,50,51)/b9-5+/t23-,24-,27-,28+,36-/m1/s1. The first kappa shape index (κ1) is 38.4. The fraction of sp³-hybridized carbons (Fsp3) is 0.528. The fourth-order valence-electron chi connectivity index (χ4n) is 7.73. The minimum atomic E-state index is -4.44. The minimum Gasteiger partial charge on any atom is -0.497 e. The van der Waals surface area contributed by atoms with Crippen LogP contribution >= 0.6 is 11.3 Å². The Bertz CT molecular complexity index is 2030. The Kier molecular flexibility index (Phi) is 11.2. The lowest BCUT2D eigenvalue weighted by atomic mass is 10.0. The van der Waals surface area contributed by atoms with E-state index in [1.807, 2.05) is 40.4 Å². The SMILES string of the molecule is COc1ccc(-c2nn([C@@H]3C[C@H]4C(=O)N[C@]5(C(=O)NS(N)(=O)=O)C[C@H]5/C=C/CCCCC[C@@H](NC(=O)OC5CCCC5)C(=O)N4C3)nc2-c2nccs2)cc1. The van der Waals surface area contributed by atoms with Crippen molar-refractivity contribution in [2.45, 2.75) is 100 Å². The number of hydrogen-bond donors (Lipinski definition) is 4. The summed E-state index contributed by atoms with van der Waals surface area (Å²) in [4.78, 5) is 62.9. The van der Waals surface area contributed by atoms with Gasteiger partial charge in [0.2, 0.25) is 11.8 Å². The van der Waals surface area contributed by atoms with Crippen molar-refractivity contribution < 1.29 is 37.1 Å². The Hall–Kier alpha value is -4.88. The first-order valence-corrected chi connectivity index (χ1v) is 21.0. The third-order valence-corrected chi connectivity index (χ3v) is 12.0. The monoisotopic (exact) mass is 795 g/mol. The van der Waals surface area contributed by atoms with E-state index in [9.17, 15) is 27.6 Å². The zero-order valence-electron chi connectivity index (χ0n) is 30.4. The van der Waals surface area contributed by atoms with Gasteiger partial charge in [-0.2, -0.15) is 18.3 Å². The maximum absolute atomic E-state index is 14.6. The molecule has 4 amide bonds. The number of thiazole rings is 1. The summed E-state index contributed by atoms with van der Waals surface area (Å²) in [6, 6.07) is 4.58. The van der Waals surface area contributed by atoms with Crippen molar-refractivity contribution in [1.29, 1.82) is 0 Å². The van der Waals surface area contributed by atoms with Gasteiger partial charge in [-0.1, -0.05) is 25.0 Å². The van der Waals surface area contributed by atoms with E-state index in [2.05, 4.69) is 15.6 Å². The lowest BCUT2D eigenvalue weighted by Gasteiger charge is -2.30. The predicted octanol–water partition coefficient (Wildman–Crippen LogP) is 2.97. The molecule has 5 N–H and O–H groups in total. The molecule has 1 saturated heterocycles. The van der Waals surface area contributed by atoms with Crippen LogP contribution in [-0.2, 0) is 29.3 Å². The van der Waals surface area contributed by atoms with Gasteiger partial charge in [-0.15, -0.1) is 16.4 Å². The van der Waals surface area contributed by atoms with Crippen molar-refractivity contribution in [1.82, 2.24) is 40.2 Å². The number of carbonyl (C=O) groups excluding carboxylic acids is 4. The van der Waals surface area contributed by atoms with E-state index in [0.717, 1.165) is 44.1 Å². The highest BCUT2D eigenvalue weighted by molar-refractivity contribution is 7.87. The Labute approximate surface area is 322 Å². The van der Waals surface area contributed by atoms with Gasteiger partial charge in [0.25, 0.3) is 16.1 Å². The molecule has 3 aromatic rings. The van der Waals surface area contributed by atoms with Crippen molar-refractivity contribution in [3.05, 3.63) is 48.0 Å². The molecule has 1 aromatic carbocycles. The average Bonchev–Trinajstić information content (AvgIpc) is 3.80. The van der Waals surface area contributed by atoms with Crippen molar-refractivity contribution >= 4 is 45.4 Å². The van der Waals surface area contributed by atoms with E-state index in [1.165, 1.54) is 21.0 Å². The van der Waals surface area contributed by atoms with Crippen molar-refractivity contribution in [3.63, 3.8) is 0 Å². The molecule has 2 aliphatic carbocycles. The van der Waals surface area contributed by atoms with Crippen LogP contribution in [0.2, 0.25) is 0 Å². The number of fused-ring (bicyclic) bond motifs is 2. The zero-order chi connectivity index (χ0) is 38.7. The number of hydrogen-bond acceptors (Lipinski definition) is 12. The molecule has 19 heteroatoms. The Morgan fingerprint density at radius 2 is 1.78 bits per heavy atom. The fourth-order valence-corrected chi connectivity index (χ4v) is 8.79. The predicted molar refractivity (Wildman–Crippen MR) is 200 cm³/mol. The molecule has 0 spiro atoms. The number of nitrogens with zero attached hydrogens (tertiary/aromatic N) is 5. The molecule has 0 radical (unpaired) electrons. The van der Waals surface area contributed by atoms with Gasteiger partial charge in [0.05, 0.1) is 13.2 Å². The molecule has 17 nitrogen and oxygen atoms in total. The highest BCUT2D eigenvalue weighted by Crippen LogP contribution is 2.46. The van der Waals surface area contributed by atoms with E-state index in [1.54, 1.807) is 19.4 Å². The third-order valence-electron chi connectivity index (χ3n) is 10.7. The number of ether oxygens (including phenoxy) is 2. The van der Waals surface area contributed by atoms with E-state index in [0.29, 0.717) is 41.4 Å². The summed E-state index contributed by atoms with van der Waals surface area (Å²) in [6.45, 7) is 0.000517. The number of alkyl carbamates (subject to hydrolysis) is 1. The molecule has 4 heterocycles. The van der Waals surface area contributed by atoms with Crippen molar-refractivity contribution in [3.8, 4) is 27.7 Å². The average molecular weight is 796 g/mol. The van der Waals surface area contributed by atoms with Crippen LogP contribution in [0.25, 0.3) is 22.0 Å². The Balaban J connectivity index is 1.23. The van der Waals surface area contributed by atoms with E-state index < -0.39 is 63.6 Å². The number of rotatable bonds is 8. The number of aromatic nitrogens is 4. The second kappa shape index (κ2) is 16.1. The van der Waals surface area contributed by atoms with Gasteiger partial charge in [-0.25, -0.2) is 19.6 Å². The molecule has 55 heavy (non-hydrogen) atoms. The Morgan fingerprint density at radius 1 is 1.04 bits per heavy atom. The van der Waals surface area contributed by atoms with Crippen LogP contribution in [0.1, 0.15) is 76.7 Å². The van der Waals surface area contributed by atoms with Crippen LogP contribution in [0.4, 0.5) is 4.79 Å². The van der Waals surface area contributed by atoms with Crippen LogP contribution in [0.15, 0.2) is 48.0 Å². The largest absolute Gasteiger partial charge is 0.497 e. The molecule has 0 unspecified atom stereocenters. The molecule has 2 aromatic heterocycles. The second-order valence-corrected chi connectivity index (χ2v) is 16.7. The van der Waals surface area contributed by atoms with Crippen molar-refractivity contribution in [2.24, 2.45) is 11.1 Å². The topological polar surface area (TPSA) is 230 Å². The smallest absolute Gasteiger partial charge is 0.408 e. The third kappa shape index (κ3) is 8.68. The summed E-state index contributed by atoms with van der Waals surface area (Å²) in [5.74, 6) is -1.95. The summed E-state index contributed by atoms with van der Waals surface area (Å²) in [7, 11) is -2.86. The van der Waals surface area contributed by atoms with Crippen LogP contribution in [0.3, 0.4) is 0 Å². The van der Waals surface area contributed by atoms with E-state index >= 15 is 0 Å². The highest BCUT2D eigenvalue weighted by Gasteiger charge is 2.61. The number of nitrogens with one attached hydrogen (secondary N) is 3. The van der Waals surface area contributed by atoms with Gasteiger partial charge in [0, 0.05) is 36.0 Å². The van der Waals surface area contributed by atoms with Gasteiger partial charge in [0.1, 0.15) is 45.9 Å². The summed E-state index contributed by atoms with van der Waals surface area (Å²) in [5.41, 5.74) is 0.206. The molecular formula is C36H45N9O8S2. The summed E-state index contributed by atoms with van der Waals surface area (Å²) >= 11 is 1.39. The lowest BCUT2D eigenvalue weighted by molar-refractivity contribution is -0.141. The summed E-state index contributed by atoms with van der Waals surface area (Å²) in [6.07, 6.45) is 11.2. The molecule has 7 rings (SSSR count). The molecule has 0 bridgehead atoms. The summed E-state index contributed by atoms with van der Waals surface area (Å²) in [5, 5.41) is 23.0.